The zero-order chi connectivity index (χ0) is 18.2. The molecule has 0 aromatic heterocycles. The van der Waals surface area contributed by atoms with Gasteiger partial charge >= 0.3 is 0 Å². The Bertz CT molecular complexity index is 688. The predicted molar refractivity (Wildman–Crippen MR) is 100 cm³/mol. The summed E-state index contributed by atoms with van der Waals surface area (Å²) in [6.45, 7) is 6.43. The van der Waals surface area contributed by atoms with Crippen LogP contribution in [0.5, 0.6) is 11.5 Å². The molecule has 5 heteroatoms. The fraction of sp³-hybridized carbons (Fsp3) is 0.350. The van der Waals surface area contributed by atoms with Crippen molar-refractivity contribution in [1.29, 1.82) is 0 Å². The summed E-state index contributed by atoms with van der Waals surface area (Å²) in [4.78, 5) is 12.5. The topological polar surface area (TPSA) is 47.6 Å². The van der Waals surface area contributed by atoms with Crippen molar-refractivity contribution in [2.75, 3.05) is 6.61 Å². The Labute approximate surface area is 154 Å². The molecule has 0 radical (unpaired) electrons. The second-order valence-corrected chi connectivity index (χ2v) is 6.14. The van der Waals surface area contributed by atoms with Crippen LogP contribution in [-0.4, -0.2) is 18.6 Å². The van der Waals surface area contributed by atoms with Gasteiger partial charge in [-0.3, -0.25) is 4.79 Å². The number of ether oxygens (including phenoxy) is 2. The predicted octanol–water partition coefficient (Wildman–Crippen LogP) is 4.77. The molecule has 2 aromatic rings. The molecule has 134 valence electrons. The second-order valence-electron chi connectivity index (χ2n) is 5.70. The lowest BCUT2D eigenvalue weighted by atomic mass is 10.1. The van der Waals surface area contributed by atoms with Crippen LogP contribution in [0.3, 0.4) is 0 Å². The maximum atomic E-state index is 12.5. The number of halogens is 1. The lowest BCUT2D eigenvalue weighted by Gasteiger charge is -2.21. The highest BCUT2D eigenvalue weighted by Crippen LogP contribution is 2.21. The number of nitrogens with one attached hydrogen (secondary N) is 1. The van der Waals surface area contributed by atoms with Crippen LogP contribution < -0.4 is 14.8 Å². The molecule has 0 bridgehead atoms. The zero-order valence-electron chi connectivity index (χ0n) is 14.8. The quantitative estimate of drug-likeness (QED) is 0.736. The van der Waals surface area contributed by atoms with E-state index in [4.69, 9.17) is 21.1 Å². The molecule has 4 nitrogen and oxygen atoms in total. The van der Waals surface area contributed by atoms with Crippen LogP contribution >= 0.6 is 11.6 Å². The summed E-state index contributed by atoms with van der Waals surface area (Å²) in [5.74, 6) is 1.26. The Morgan fingerprint density at radius 3 is 2.44 bits per heavy atom. The molecule has 0 aliphatic carbocycles. The lowest BCUT2D eigenvalue weighted by molar-refractivity contribution is -0.128. The van der Waals surface area contributed by atoms with E-state index in [0.29, 0.717) is 23.8 Å². The highest BCUT2D eigenvalue weighted by Gasteiger charge is 2.20. The molecular weight excluding hydrogens is 338 g/mol. The van der Waals surface area contributed by atoms with E-state index in [1.165, 1.54) is 0 Å². The average molecular weight is 362 g/mol. The Morgan fingerprint density at radius 1 is 1.12 bits per heavy atom. The van der Waals surface area contributed by atoms with Crippen molar-refractivity contribution in [3.05, 3.63) is 59.1 Å². The van der Waals surface area contributed by atoms with Gasteiger partial charge in [-0.15, -0.1) is 0 Å². The molecule has 0 saturated carbocycles. The van der Waals surface area contributed by atoms with E-state index in [1.807, 2.05) is 45.0 Å². The van der Waals surface area contributed by atoms with Gasteiger partial charge in [0.2, 0.25) is 0 Å². The third-order valence-corrected chi connectivity index (χ3v) is 4.02. The Hall–Kier alpha value is -2.20. The van der Waals surface area contributed by atoms with Crippen molar-refractivity contribution in [2.24, 2.45) is 0 Å². The molecule has 1 amide bonds. The molecule has 0 saturated heterocycles. The molecule has 0 spiro atoms. The smallest absolute Gasteiger partial charge is 0.261 e. The molecule has 0 unspecified atom stereocenters. The minimum Gasteiger partial charge on any atom is -0.494 e. The third kappa shape index (κ3) is 5.68. The summed E-state index contributed by atoms with van der Waals surface area (Å²) in [7, 11) is 0. The number of rotatable bonds is 8. The van der Waals surface area contributed by atoms with Crippen molar-refractivity contribution in [3.8, 4) is 11.5 Å². The largest absolute Gasteiger partial charge is 0.494 e. The van der Waals surface area contributed by atoms with Crippen molar-refractivity contribution in [3.63, 3.8) is 0 Å². The second kappa shape index (κ2) is 9.33. The molecule has 0 aliphatic rings. The molecule has 25 heavy (non-hydrogen) atoms. The van der Waals surface area contributed by atoms with Crippen LogP contribution in [0.15, 0.2) is 48.5 Å². The minimum absolute atomic E-state index is 0.125. The maximum Gasteiger partial charge on any atom is 0.261 e. The third-order valence-electron chi connectivity index (χ3n) is 3.79. The first kappa shape index (κ1) is 19.1. The van der Waals surface area contributed by atoms with Crippen molar-refractivity contribution in [2.45, 2.75) is 39.3 Å². The molecular formula is C20H24ClNO3. The molecule has 2 aromatic carbocycles. The van der Waals surface area contributed by atoms with E-state index >= 15 is 0 Å². The van der Waals surface area contributed by atoms with E-state index in [-0.39, 0.29) is 11.9 Å². The van der Waals surface area contributed by atoms with Gasteiger partial charge in [-0.25, -0.2) is 0 Å². The normalized spacial score (nSPS) is 13.0. The lowest BCUT2D eigenvalue weighted by Crippen LogP contribution is -2.39. The molecule has 2 atom stereocenters. The summed E-state index contributed by atoms with van der Waals surface area (Å²) in [5.41, 5.74) is 1.01. The first-order valence-electron chi connectivity index (χ1n) is 8.48. The van der Waals surface area contributed by atoms with E-state index in [2.05, 4.69) is 5.32 Å². The van der Waals surface area contributed by atoms with Gasteiger partial charge in [-0.05, 0) is 56.2 Å². The molecule has 0 fully saturated rings. The van der Waals surface area contributed by atoms with E-state index in [0.717, 1.165) is 11.3 Å². The molecule has 1 N–H and O–H groups in total. The van der Waals surface area contributed by atoms with Crippen LogP contribution in [0.4, 0.5) is 0 Å². The van der Waals surface area contributed by atoms with Crippen LogP contribution in [0.2, 0.25) is 5.02 Å². The Balaban J connectivity index is 1.98. The highest BCUT2D eigenvalue weighted by molar-refractivity contribution is 6.30. The summed E-state index contributed by atoms with van der Waals surface area (Å²) < 4.78 is 11.2. The van der Waals surface area contributed by atoms with Crippen molar-refractivity contribution < 1.29 is 14.3 Å². The minimum atomic E-state index is -0.566. The van der Waals surface area contributed by atoms with Gasteiger partial charge in [-0.1, -0.05) is 36.7 Å². The summed E-state index contributed by atoms with van der Waals surface area (Å²) in [5, 5.41) is 3.57. The Kier molecular flexibility index (Phi) is 7.14. The fourth-order valence-corrected chi connectivity index (χ4v) is 2.62. The average Bonchev–Trinajstić information content (AvgIpc) is 2.60. The number of benzene rings is 2. The van der Waals surface area contributed by atoms with Gasteiger partial charge < -0.3 is 14.8 Å². The Morgan fingerprint density at radius 2 is 1.84 bits per heavy atom. The van der Waals surface area contributed by atoms with Crippen molar-refractivity contribution >= 4 is 17.5 Å². The fourth-order valence-electron chi connectivity index (χ4n) is 2.44. The van der Waals surface area contributed by atoms with Gasteiger partial charge in [0, 0.05) is 5.02 Å². The molecule has 0 aliphatic heterocycles. The van der Waals surface area contributed by atoms with Crippen molar-refractivity contribution in [1.82, 2.24) is 5.32 Å². The van der Waals surface area contributed by atoms with Crippen LogP contribution in [0, 0.1) is 0 Å². The monoisotopic (exact) mass is 361 g/mol. The van der Waals surface area contributed by atoms with Crippen LogP contribution in [0.25, 0.3) is 0 Å². The van der Waals surface area contributed by atoms with E-state index in [9.17, 15) is 4.79 Å². The van der Waals surface area contributed by atoms with Gasteiger partial charge in [0.25, 0.3) is 5.91 Å². The number of carbonyl (C=O) groups excluding carboxylic acids is 1. The number of amides is 1. The first-order valence-corrected chi connectivity index (χ1v) is 8.86. The maximum absolute atomic E-state index is 12.5. The first-order chi connectivity index (χ1) is 12.0. The van der Waals surface area contributed by atoms with E-state index < -0.39 is 6.10 Å². The SMILES string of the molecule is CCOc1ccc([C@@H](C)NC(=O)[C@H](CC)Oc2cccc(Cl)c2)cc1. The molecule has 0 heterocycles. The highest BCUT2D eigenvalue weighted by atomic mass is 35.5. The van der Waals surface area contributed by atoms with Gasteiger partial charge in [0.1, 0.15) is 11.5 Å². The van der Waals surface area contributed by atoms with Crippen LogP contribution in [0.1, 0.15) is 38.8 Å². The summed E-state index contributed by atoms with van der Waals surface area (Å²) >= 11 is 5.96. The number of carbonyl (C=O) groups is 1. The summed E-state index contributed by atoms with van der Waals surface area (Å²) in [6.07, 6.45) is -0.00226. The standard InChI is InChI=1S/C20H24ClNO3/c1-4-19(25-18-8-6-7-16(21)13-18)20(23)22-14(3)15-9-11-17(12-10-15)24-5-2/h6-14,19H,4-5H2,1-3H3,(H,22,23)/t14-,19+/m1/s1. The molecule has 2 rings (SSSR count). The number of hydrogen-bond donors (Lipinski definition) is 1. The van der Waals surface area contributed by atoms with Gasteiger partial charge in [-0.2, -0.15) is 0 Å². The van der Waals surface area contributed by atoms with Gasteiger partial charge in [0.15, 0.2) is 6.10 Å². The zero-order valence-corrected chi connectivity index (χ0v) is 15.5. The number of hydrogen-bond acceptors (Lipinski definition) is 3. The summed E-state index contributed by atoms with van der Waals surface area (Å²) in [6, 6.07) is 14.6. The van der Waals surface area contributed by atoms with E-state index in [1.54, 1.807) is 24.3 Å². The van der Waals surface area contributed by atoms with Crippen LogP contribution in [-0.2, 0) is 4.79 Å². The van der Waals surface area contributed by atoms with Gasteiger partial charge in [0.05, 0.1) is 12.6 Å².